The van der Waals surface area contributed by atoms with Crippen LogP contribution in [-0.4, -0.2) is 19.4 Å². The smallest absolute Gasteiger partial charge is 0.372 e. The molecule has 1 atom stereocenters. The lowest BCUT2D eigenvalue weighted by Crippen LogP contribution is -2.17. The van der Waals surface area contributed by atoms with E-state index in [0.717, 1.165) is 16.3 Å². The van der Waals surface area contributed by atoms with E-state index in [1.807, 2.05) is 30.3 Å². The lowest BCUT2D eigenvalue weighted by molar-refractivity contribution is -0.174. The van der Waals surface area contributed by atoms with Crippen molar-refractivity contribution in [3.05, 3.63) is 47.0 Å². The van der Waals surface area contributed by atoms with Crippen LogP contribution in [0.3, 0.4) is 0 Å². The highest BCUT2D eigenvalue weighted by Gasteiger charge is 2.27. The molecular weight excluding hydrogens is 369 g/mol. The Kier molecular flexibility index (Phi) is 5.52. The Labute approximate surface area is 134 Å². The SMILES string of the molecule is FC(F)(F)COCCC(Br)c1ccc(Cl)c2ccccc12. The van der Waals surface area contributed by atoms with Gasteiger partial charge in [-0.25, -0.2) is 0 Å². The van der Waals surface area contributed by atoms with Gasteiger partial charge in [-0.2, -0.15) is 13.2 Å². The molecule has 2 aromatic carbocycles. The zero-order valence-electron chi connectivity index (χ0n) is 11.0. The molecule has 1 nitrogen and oxygen atoms in total. The Morgan fingerprint density at radius 2 is 1.76 bits per heavy atom. The molecule has 1 unspecified atom stereocenters. The van der Waals surface area contributed by atoms with E-state index in [1.54, 1.807) is 6.07 Å². The van der Waals surface area contributed by atoms with E-state index in [9.17, 15) is 13.2 Å². The average molecular weight is 382 g/mol. The van der Waals surface area contributed by atoms with Crippen molar-refractivity contribution < 1.29 is 17.9 Å². The Morgan fingerprint density at radius 3 is 2.43 bits per heavy atom. The van der Waals surface area contributed by atoms with E-state index in [0.29, 0.717) is 11.4 Å². The molecule has 6 heteroatoms. The molecular formula is C15H13BrClF3O. The highest BCUT2D eigenvalue weighted by Crippen LogP contribution is 2.35. The van der Waals surface area contributed by atoms with E-state index in [1.165, 1.54) is 0 Å². The van der Waals surface area contributed by atoms with Crippen molar-refractivity contribution in [2.45, 2.75) is 17.4 Å². The summed E-state index contributed by atoms with van der Waals surface area (Å²) in [5.41, 5.74) is 0.991. The van der Waals surface area contributed by atoms with Gasteiger partial charge in [0.05, 0.1) is 0 Å². The summed E-state index contributed by atoms with van der Waals surface area (Å²) in [6.45, 7) is -1.18. The van der Waals surface area contributed by atoms with Crippen molar-refractivity contribution in [1.82, 2.24) is 0 Å². The van der Waals surface area contributed by atoms with Crippen molar-refractivity contribution in [3.8, 4) is 0 Å². The molecule has 0 fully saturated rings. The van der Waals surface area contributed by atoms with Crippen LogP contribution in [0.4, 0.5) is 13.2 Å². The summed E-state index contributed by atoms with van der Waals surface area (Å²) in [6, 6.07) is 11.3. The normalized spacial score (nSPS) is 13.6. The number of ether oxygens (including phenoxy) is 1. The van der Waals surface area contributed by atoms with Gasteiger partial charge >= 0.3 is 6.18 Å². The van der Waals surface area contributed by atoms with Crippen LogP contribution >= 0.6 is 27.5 Å². The minimum atomic E-state index is -4.28. The van der Waals surface area contributed by atoms with Gasteiger partial charge in [-0.1, -0.05) is 57.9 Å². The van der Waals surface area contributed by atoms with Crippen LogP contribution in [0.25, 0.3) is 10.8 Å². The van der Waals surface area contributed by atoms with Crippen LogP contribution in [0.2, 0.25) is 5.02 Å². The second-order valence-electron chi connectivity index (χ2n) is 4.61. The molecule has 0 amide bonds. The molecule has 0 aliphatic heterocycles. The van der Waals surface area contributed by atoms with E-state index >= 15 is 0 Å². The second kappa shape index (κ2) is 6.99. The summed E-state index contributed by atoms with van der Waals surface area (Å²) in [4.78, 5) is -0.0899. The molecule has 0 aliphatic rings. The first-order valence-electron chi connectivity index (χ1n) is 6.34. The topological polar surface area (TPSA) is 9.23 Å². The van der Waals surface area contributed by atoms with Gasteiger partial charge in [-0.05, 0) is 23.4 Å². The van der Waals surface area contributed by atoms with Crippen LogP contribution < -0.4 is 0 Å². The number of rotatable bonds is 5. The number of hydrogen-bond donors (Lipinski definition) is 0. The van der Waals surface area contributed by atoms with Gasteiger partial charge in [0.15, 0.2) is 0 Å². The van der Waals surface area contributed by atoms with Gasteiger partial charge < -0.3 is 4.74 Å². The van der Waals surface area contributed by atoms with Gasteiger partial charge in [0.1, 0.15) is 6.61 Å². The lowest BCUT2D eigenvalue weighted by atomic mass is 10.0. The quantitative estimate of drug-likeness (QED) is 0.463. The van der Waals surface area contributed by atoms with Crippen molar-refractivity contribution in [3.63, 3.8) is 0 Å². The molecule has 0 N–H and O–H groups in total. The summed E-state index contributed by atoms with van der Waals surface area (Å²) in [6.07, 6.45) is -3.84. The zero-order chi connectivity index (χ0) is 15.5. The molecule has 0 aromatic heterocycles. The number of alkyl halides is 4. The molecule has 0 radical (unpaired) electrons. The summed E-state index contributed by atoms with van der Waals surface area (Å²) in [5.74, 6) is 0. The standard InChI is InChI=1S/C15H13BrClF3O/c16-13(7-8-21-9-15(18,19)20)11-5-6-14(17)12-4-2-1-3-10(11)12/h1-6,13H,7-9H2. The fourth-order valence-corrected chi connectivity index (χ4v) is 2.90. The van der Waals surface area contributed by atoms with E-state index < -0.39 is 12.8 Å². The van der Waals surface area contributed by atoms with Gasteiger partial charge in [-0.15, -0.1) is 0 Å². The first-order chi connectivity index (χ1) is 9.88. The Hall–Kier alpha value is -0.780. The van der Waals surface area contributed by atoms with Crippen molar-refractivity contribution in [2.75, 3.05) is 13.2 Å². The monoisotopic (exact) mass is 380 g/mol. The first-order valence-corrected chi connectivity index (χ1v) is 7.63. The fourth-order valence-electron chi connectivity index (χ4n) is 2.09. The zero-order valence-corrected chi connectivity index (χ0v) is 13.3. The van der Waals surface area contributed by atoms with E-state index in [4.69, 9.17) is 11.6 Å². The molecule has 2 rings (SSSR count). The summed E-state index contributed by atoms with van der Waals surface area (Å²) < 4.78 is 40.7. The molecule has 21 heavy (non-hydrogen) atoms. The third kappa shape index (κ3) is 4.59. The maximum absolute atomic E-state index is 12.0. The molecule has 0 spiro atoms. The third-order valence-corrected chi connectivity index (χ3v) is 4.30. The second-order valence-corrected chi connectivity index (χ2v) is 6.12. The largest absolute Gasteiger partial charge is 0.411 e. The van der Waals surface area contributed by atoms with Crippen LogP contribution in [0.5, 0.6) is 0 Å². The number of fused-ring (bicyclic) bond motifs is 1. The minimum absolute atomic E-state index is 0.0341. The average Bonchev–Trinajstić information content (AvgIpc) is 2.43. The predicted octanol–water partition coefficient (Wildman–Crippen LogP) is 5.90. The first kappa shape index (κ1) is 16.6. The predicted molar refractivity (Wildman–Crippen MR) is 82.1 cm³/mol. The molecule has 0 saturated heterocycles. The van der Waals surface area contributed by atoms with Gasteiger partial charge in [0, 0.05) is 21.8 Å². The van der Waals surface area contributed by atoms with Crippen molar-refractivity contribution in [1.29, 1.82) is 0 Å². The van der Waals surface area contributed by atoms with E-state index in [-0.39, 0.29) is 11.4 Å². The van der Waals surface area contributed by atoms with E-state index in [2.05, 4.69) is 20.7 Å². The van der Waals surface area contributed by atoms with Gasteiger partial charge in [0.25, 0.3) is 0 Å². The molecule has 0 heterocycles. The van der Waals surface area contributed by atoms with Crippen molar-refractivity contribution in [2.24, 2.45) is 0 Å². The molecule has 2 aromatic rings. The summed E-state index contributed by atoms with van der Waals surface area (Å²) in [5, 5.41) is 2.57. The molecule has 0 bridgehead atoms. The van der Waals surface area contributed by atoms with Crippen molar-refractivity contribution >= 4 is 38.3 Å². The maximum atomic E-state index is 12.0. The molecule has 114 valence electrons. The van der Waals surface area contributed by atoms with Crippen LogP contribution in [0.15, 0.2) is 36.4 Å². The number of hydrogen-bond acceptors (Lipinski definition) is 1. The number of benzene rings is 2. The Bertz CT molecular complexity index is 615. The number of halogens is 5. The van der Waals surface area contributed by atoms with Crippen LogP contribution in [0, 0.1) is 0 Å². The minimum Gasteiger partial charge on any atom is -0.372 e. The highest BCUT2D eigenvalue weighted by atomic mass is 79.9. The Balaban J connectivity index is 2.06. The molecule has 0 aliphatic carbocycles. The molecule has 0 saturated carbocycles. The van der Waals surface area contributed by atoms with Gasteiger partial charge in [-0.3, -0.25) is 0 Å². The fraction of sp³-hybridized carbons (Fsp3) is 0.333. The Morgan fingerprint density at radius 1 is 1.10 bits per heavy atom. The maximum Gasteiger partial charge on any atom is 0.411 e. The lowest BCUT2D eigenvalue weighted by Gasteiger charge is -2.14. The third-order valence-electron chi connectivity index (χ3n) is 3.02. The summed E-state index contributed by atoms with van der Waals surface area (Å²) in [7, 11) is 0. The van der Waals surface area contributed by atoms with Gasteiger partial charge in [0.2, 0.25) is 0 Å². The highest BCUT2D eigenvalue weighted by molar-refractivity contribution is 9.09. The van der Waals surface area contributed by atoms with Crippen LogP contribution in [-0.2, 0) is 4.74 Å². The summed E-state index contributed by atoms with van der Waals surface area (Å²) >= 11 is 9.65. The van der Waals surface area contributed by atoms with Crippen LogP contribution in [0.1, 0.15) is 16.8 Å².